The van der Waals surface area contributed by atoms with Crippen molar-refractivity contribution in [3.8, 4) is 0 Å². The lowest BCUT2D eigenvalue weighted by Gasteiger charge is -2.29. The maximum Gasteiger partial charge on any atom is 0.309 e. The Labute approximate surface area is 126 Å². The summed E-state index contributed by atoms with van der Waals surface area (Å²) < 4.78 is 30.9. The normalized spacial score (nSPS) is 15.8. The summed E-state index contributed by atoms with van der Waals surface area (Å²) in [4.78, 5) is 11.4. The molecule has 1 aromatic rings. The Kier molecular flexibility index (Phi) is 5.00. The first-order valence-electron chi connectivity index (χ1n) is 7.05. The number of ether oxygens (including phenoxy) is 1. The minimum absolute atomic E-state index is 0.148. The third kappa shape index (κ3) is 3.83. The molecule has 0 radical (unpaired) electrons. The van der Waals surface area contributed by atoms with E-state index >= 15 is 0 Å². The number of rotatable bonds is 6. The standard InChI is InChI=1S/C15H21NO4S/c1-16(11-13-4-3-5-13)21(18,19)14-8-6-12(7-9-14)10-15(17)20-2/h6-9,13H,3-5,10-11H2,1-2H3. The van der Waals surface area contributed by atoms with E-state index in [1.807, 2.05) is 0 Å². The van der Waals surface area contributed by atoms with Crippen LogP contribution in [0.5, 0.6) is 0 Å². The first-order valence-corrected chi connectivity index (χ1v) is 8.49. The third-order valence-electron chi connectivity index (χ3n) is 3.95. The van der Waals surface area contributed by atoms with Gasteiger partial charge in [0, 0.05) is 13.6 Å². The van der Waals surface area contributed by atoms with Crippen LogP contribution in [-0.2, 0) is 26.0 Å². The van der Waals surface area contributed by atoms with Crippen LogP contribution in [0.1, 0.15) is 24.8 Å². The van der Waals surface area contributed by atoms with E-state index in [2.05, 4.69) is 4.74 Å². The van der Waals surface area contributed by atoms with Crippen LogP contribution in [0.3, 0.4) is 0 Å². The molecule has 1 saturated carbocycles. The van der Waals surface area contributed by atoms with E-state index in [4.69, 9.17) is 0 Å². The van der Waals surface area contributed by atoms with E-state index in [9.17, 15) is 13.2 Å². The van der Waals surface area contributed by atoms with Crippen molar-refractivity contribution < 1.29 is 17.9 Å². The van der Waals surface area contributed by atoms with Gasteiger partial charge >= 0.3 is 5.97 Å². The molecule has 0 aromatic heterocycles. The summed E-state index contributed by atoms with van der Waals surface area (Å²) in [6.07, 6.45) is 3.56. The van der Waals surface area contributed by atoms with Crippen molar-refractivity contribution in [3.05, 3.63) is 29.8 Å². The van der Waals surface area contributed by atoms with Gasteiger partial charge in [0.2, 0.25) is 10.0 Å². The van der Waals surface area contributed by atoms with E-state index in [1.165, 1.54) is 17.8 Å². The molecule has 6 heteroatoms. The van der Waals surface area contributed by atoms with Crippen molar-refractivity contribution in [2.24, 2.45) is 5.92 Å². The number of methoxy groups -OCH3 is 1. The Balaban J connectivity index is 2.06. The highest BCUT2D eigenvalue weighted by Crippen LogP contribution is 2.28. The number of hydrogen-bond donors (Lipinski definition) is 0. The lowest BCUT2D eigenvalue weighted by atomic mass is 9.86. The van der Waals surface area contributed by atoms with Gasteiger partial charge in [-0.1, -0.05) is 18.6 Å². The Morgan fingerprint density at radius 3 is 2.38 bits per heavy atom. The van der Waals surface area contributed by atoms with Gasteiger partial charge in [0.25, 0.3) is 0 Å². The van der Waals surface area contributed by atoms with Gasteiger partial charge in [-0.05, 0) is 36.5 Å². The second kappa shape index (κ2) is 6.58. The second-order valence-electron chi connectivity index (χ2n) is 5.48. The van der Waals surface area contributed by atoms with Crippen LogP contribution < -0.4 is 0 Å². The highest BCUT2D eigenvalue weighted by atomic mass is 32.2. The molecule has 5 nitrogen and oxygen atoms in total. The number of sulfonamides is 1. The highest BCUT2D eigenvalue weighted by Gasteiger charge is 2.26. The van der Waals surface area contributed by atoms with E-state index in [-0.39, 0.29) is 17.3 Å². The summed E-state index contributed by atoms with van der Waals surface area (Å²) in [6.45, 7) is 0.576. The van der Waals surface area contributed by atoms with Crippen molar-refractivity contribution in [3.63, 3.8) is 0 Å². The molecule has 0 unspecified atom stereocenters. The van der Waals surface area contributed by atoms with E-state index in [0.717, 1.165) is 18.4 Å². The lowest BCUT2D eigenvalue weighted by molar-refractivity contribution is -0.139. The van der Waals surface area contributed by atoms with Crippen molar-refractivity contribution in [2.75, 3.05) is 20.7 Å². The van der Waals surface area contributed by atoms with Crippen molar-refractivity contribution in [1.29, 1.82) is 0 Å². The fourth-order valence-electron chi connectivity index (χ4n) is 2.34. The first kappa shape index (κ1) is 16.0. The average Bonchev–Trinajstić information content (AvgIpc) is 2.43. The van der Waals surface area contributed by atoms with Gasteiger partial charge in [-0.3, -0.25) is 4.79 Å². The molecule has 0 heterocycles. The van der Waals surface area contributed by atoms with Crippen molar-refractivity contribution in [2.45, 2.75) is 30.6 Å². The van der Waals surface area contributed by atoms with Gasteiger partial charge in [-0.2, -0.15) is 0 Å². The van der Waals surface area contributed by atoms with Gasteiger partial charge in [0.05, 0.1) is 18.4 Å². The molecule has 116 valence electrons. The van der Waals surface area contributed by atoms with Crippen molar-refractivity contribution >= 4 is 16.0 Å². The number of esters is 1. The molecule has 0 atom stereocenters. The maximum absolute atomic E-state index is 12.4. The predicted octanol–water partition coefficient (Wildman–Crippen LogP) is 1.82. The molecule has 0 saturated heterocycles. The zero-order valence-corrected chi connectivity index (χ0v) is 13.2. The SMILES string of the molecule is COC(=O)Cc1ccc(S(=O)(=O)N(C)CC2CCC2)cc1. The quantitative estimate of drug-likeness (QED) is 0.752. The molecular formula is C15H21NO4S. The van der Waals surface area contributed by atoms with E-state index in [1.54, 1.807) is 31.3 Å². The first-order chi connectivity index (χ1) is 9.93. The van der Waals surface area contributed by atoms with Crippen LogP contribution in [0.15, 0.2) is 29.2 Å². The summed E-state index contributed by atoms with van der Waals surface area (Å²) in [6, 6.07) is 6.40. The minimum atomic E-state index is -3.44. The van der Waals surface area contributed by atoms with Crippen LogP contribution in [0.4, 0.5) is 0 Å². The fourth-order valence-corrected chi connectivity index (χ4v) is 3.58. The monoisotopic (exact) mass is 311 g/mol. The number of nitrogens with zero attached hydrogens (tertiary/aromatic N) is 1. The second-order valence-corrected chi connectivity index (χ2v) is 7.52. The van der Waals surface area contributed by atoms with Gasteiger partial charge in [0.1, 0.15) is 0 Å². The molecule has 1 aromatic carbocycles. The molecule has 1 aliphatic carbocycles. The third-order valence-corrected chi connectivity index (χ3v) is 5.79. The van der Waals surface area contributed by atoms with Gasteiger partial charge in [-0.25, -0.2) is 12.7 Å². The maximum atomic E-state index is 12.4. The Morgan fingerprint density at radius 1 is 1.29 bits per heavy atom. The number of carbonyl (C=O) groups excluding carboxylic acids is 1. The van der Waals surface area contributed by atoms with Gasteiger partial charge in [-0.15, -0.1) is 0 Å². The highest BCUT2D eigenvalue weighted by molar-refractivity contribution is 7.89. The largest absolute Gasteiger partial charge is 0.469 e. The van der Waals surface area contributed by atoms with E-state index < -0.39 is 10.0 Å². The number of hydrogen-bond acceptors (Lipinski definition) is 4. The molecule has 2 rings (SSSR count). The summed E-state index contributed by atoms with van der Waals surface area (Å²) in [5.74, 6) is 0.149. The average molecular weight is 311 g/mol. The summed E-state index contributed by atoms with van der Waals surface area (Å²) in [7, 11) is -0.493. The van der Waals surface area contributed by atoms with Crippen LogP contribution >= 0.6 is 0 Å². The molecule has 0 spiro atoms. The molecule has 21 heavy (non-hydrogen) atoms. The number of benzene rings is 1. The van der Waals surface area contributed by atoms with E-state index in [0.29, 0.717) is 12.5 Å². The Morgan fingerprint density at radius 2 is 1.90 bits per heavy atom. The molecule has 1 aliphatic rings. The van der Waals surface area contributed by atoms with Crippen LogP contribution in [0, 0.1) is 5.92 Å². The minimum Gasteiger partial charge on any atom is -0.469 e. The number of carbonyl (C=O) groups is 1. The zero-order valence-electron chi connectivity index (χ0n) is 12.4. The Hall–Kier alpha value is -1.40. The van der Waals surface area contributed by atoms with Crippen LogP contribution in [-0.4, -0.2) is 39.4 Å². The summed E-state index contributed by atoms with van der Waals surface area (Å²) in [5.41, 5.74) is 0.738. The van der Waals surface area contributed by atoms with Gasteiger partial charge < -0.3 is 4.74 Å². The zero-order chi connectivity index (χ0) is 15.5. The topological polar surface area (TPSA) is 63.7 Å². The van der Waals surface area contributed by atoms with Crippen LogP contribution in [0.2, 0.25) is 0 Å². The molecule has 0 N–H and O–H groups in total. The molecule has 0 amide bonds. The molecule has 0 aliphatic heterocycles. The smallest absolute Gasteiger partial charge is 0.309 e. The van der Waals surface area contributed by atoms with Crippen molar-refractivity contribution in [1.82, 2.24) is 4.31 Å². The molecule has 0 bridgehead atoms. The molecule has 1 fully saturated rings. The predicted molar refractivity (Wildman–Crippen MR) is 79.3 cm³/mol. The fraction of sp³-hybridized carbons (Fsp3) is 0.533. The Bertz CT molecular complexity index is 591. The van der Waals surface area contributed by atoms with Crippen LogP contribution in [0.25, 0.3) is 0 Å². The summed E-state index contributed by atoms with van der Waals surface area (Å²) in [5, 5.41) is 0. The summed E-state index contributed by atoms with van der Waals surface area (Å²) >= 11 is 0. The molecular weight excluding hydrogens is 290 g/mol. The van der Waals surface area contributed by atoms with Gasteiger partial charge in [0.15, 0.2) is 0 Å². The lowest BCUT2D eigenvalue weighted by Crippen LogP contribution is -2.34.